The molecule has 0 aromatic heterocycles. The van der Waals surface area contributed by atoms with Gasteiger partial charge in [-0.1, -0.05) is 26.0 Å². The van der Waals surface area contributed by atoms with Crippen molar-refractivity contribution in [3.8, 4) is 0 Å². The number of amides is 1. The van der Waals surface area contributed by atoms with E-state index < -0.39 is 0 Å². The van der Waals surface area contributed by atoms with Crippen molar-refractivity contribution in [3.63, 3.8) is 0 Å². The lowest BCUT2D eigenvalue weighted by atomic mass is 10.0. The summed E-state index contributed by atoms with van der Waals surface area (Å²) in [6.45, 7) is 8.32. The summed E-state index contributed by atoms with van der Waals surface area (Å²) in [4.78, 5) is 14.7. The zero-order chi connectivity index (χ0) is 15.2. The summed E-state index contributed by atoms with van der Waals surface area (Å²) in [5.41, 5.74) is 7.34. The molecule has 1 saturated heterocycles. The highest BCUT2D eigenvalue weighted by Crippen LogP contribution is 2.13. The molecule has 0 radical (unpaired) electrons. The van der Waals surface area contributed by atoms with Gasteiger partial charge in [0.1, 0.15) is 0 Å². The predicted molar refractivity (Wildman–Crippen MR) is 101 cm³/mol. The zero-order valence-electron chi connectivity index (χ0n) is 14.0. The number of hydrogen-bond acceptors (Lipinski definition) is 3. The summed E-state index contributed by atoms with van der Waals surface area (Å²) in [7, 11) is 0. The lowest BCUT2D eigenvalue weighted by Gasteiger charge is -2.33. The monoisotopic (exact) mass is 361 g/mol. The Balaban J connectivity index is 0.00000242. The number of rotatable bonds is 5. The number of nitrogens with two attached hydrogens (primary N) is 1. The van der Waals surface area contributed by atoms with Crippen LogP contribution in [0.5, 0.6) is 0 Å². The van der Waals surface area contributed by atoms with Gasteiger partial charge in [-0.15, -0.1) is 24.8 Å². The van der Waals surface area contributed by atoms with Crippen molar-refractivity contribution in [1.82, 2.24) is 10.2 Å². The van der Waals surface area contributed by atoms with Gasteiger partial charge in [0.2, 0.25) is 0 Å². The van der Waals surface area contributed by atoms with E-state index >= 15 is 0 Å². The van der Waals surface area contributed by atoms with Crippen LogP contribution < -0.4 is 11.1 Å². The fourth-order valence-corrected chi connectivity index (χ4v) is 2.84. The Morgan fingerprint density at radius 1 is 1.22 bits per heavy atom. The molecule has 23 heavy (non-hydrogen) atoms. The largest absolute Gasteiger partial charge is 0.349 e. The molecule has 1 aromatic rings. The van der Waals surface area contributed by atoms with Crippen LogP contribution in [0.4, 0.5) is 0 Å². The molecule has 132 valence electrons. The van der Waals surface area contributed by atoms with Gasteiger partial charge < -0.3 is 16.0 Å². The van der Waals surface area contributed by atoms with Crippen LogP contribution in [0.3, 0.4) is 0 Å². The summed E-state index contributed by atoms with van der Waals surface area (Å²) in [6.07, 6.45) is 2.08. The molecule has 0 unspecified atom stereocenters. The maximum absolute atomic E-state index is 12.2. The molecule has 4 nitrogen and oxygen atoms in total. The Morgan fingerprint density at radius 3 is 2.26 bits per heavy atom. The van der Waals surface area contributed by atoms with Crippen LogP contribution in [0.25, 0.3) is 0 Å². The minimum absolute atomic E-state index is 0. The van der Waals surface area contributed by atoms with Gasteiger partial charge in [-0.2, -0.15) is 0 Å². The Hall–Kier alpha value is -0.810. The van der Waals surface area contributed by atoms with E-state index in [9.17, 15) is 4.79 Å². The van der Waals surface area contributed by atoms with Crippen molar-refractivity contribution < 1.29 is 4.79 Å². The third kappa shape index (κ3) is 7.08. The van der Waals surface area contributed by atoms with Gasteiger partial charge in [0, 0.05) is 37.8 Å². The van der Waals surface area contributed by atoms with E-state index in [1.54, 1.807) is 0 Å². The molecular weight excluding hydrogens is 333 g/mol. The molecular formula is C17H29Cl2N3O. The lowest BCUT2D eigenvalue weighted by Crippen LogP contribution is -2.45. The van der Waals surface area contributed by atoms with Gasteiger partial charge in [0.25, 0.3) is 5.91 Å². The van der Waals surface area contributed by atoms with E-state index in [0.717, 1.165) is 43.6 Å². The SMILES string of the molecule is CC(C)CN1CCC(NC(=O)c2ccc(CN)cc2)CC1.Cl.Cl. The first-order valence-electron chi connectivity index (χ1n) is 7.90. The first kappa shape index (κ1) is 22.2. The normalized spacial score (nSPS) is 15.7. The highest BCUT2D eigenvalue weighted by molar-refractivity contribution is 5.94. The quantitative estimate of drug-likeness (QED) is 0.847. The molecule has 0 aliphatic carbocycles. The Labute approximate surface area is 152 Å². The van der Waals surface area contributed by atoms with E-state index in [-0.39, 0.29) is 30.7 Å². The molecule has 1 amide bonds. The average molecular weight is 362 g/mol. The summed E-state index contributed by atoms with van der Waals surface area (Å²) < 4.78 is 0. The van der Waals surface area contributed by atoms with Crippen LogP contribution in [0, 0.1) is 5.92 Å². The molecule has 2 rings (SSSR count). The lowest BCUT2D eigenvalue weighted by molar-refractivity contribution is 0.0907. The zero-order valence-corrected chi connectivity index (χ0v) is 15.6. The van der Waals surface area contributed by atoms with Crippen LogP contribution in [-0.2, 0) is 6.54 Å². The van der Waals surface area contributed by atoms with Crippen LogP contribution in [0.2, 0.25) is 0 Å². The van der Waals surface area contributed by atoms with Gasteiger partial charge in [-0.25, -0.2) is 0 Å². The van der Waals surface area contributed by atoms with Crippen LogP contribution in [-0.4, -0.2) is 36.5 Å². The van der Waals surface area contributed by atoms with Crippen molar-refractivity contribution in [2.24, 2.45) is 11.7 Å². The number of likely N-dealkylation sites (tertiary alicyclic amines) is 1. The average Bonchev–Trinajstić information content (AvgIpc) is 2.49. The van der Waals surface area contributed by atoms with Gasteiger partial charge >= 0.3 is 0 Å². The molecule has 1 fully saturated rings. The number of piperidine rings is 1. The topological polar surface area (TPSA) is 58.4 Å². The smallest absolute Gasteiger partial charge is 0.251 e. The van der Waals surface area contributed by atoms with Gasteiger partial charge in [0.15, 0.2) is 0 Å². The van der Waals surface area contributed by atoms with Crippen molar-refractivity contribution in [2.45, 2.75) is 39.3 Å². The van der Waals surface area contributed by atoms with Crippen molar-refractivity contribution in [1.29, 1.82) is 0 Å². The maximum atomic E-state index is 12.2. The molecule has 1 aliphatic rings. The number of nitrogens with one attached hydrogen (secondary N) is 1. The highest BCUT2D eigenvalue weighted by atomic mass is 35.5. The highest BCUT2D eigenvalue weighted by Gasteiger charge is 2.21. The van der Waals surface area contributed by atoms with Crippen LogP contribution in [0.1, 0.15) is 42.6 Å². The predicted octanol–water partition coefficient (Wildman–Crippen LogP) is 2.84. The van der Waals surface area contributed by atoms with Crippen molar-refractivity contribution >= 4 is 30.7 Å². The Kier molecular flexibility index (Phi) is 10.5. The summed E-state index contributed by atoms with van der Waals surface area (Å²) in [5, 5.41) is 3.15. The van der Waals surface area contributed by atoms with Gasteiger partial charge in [-0.05, 0) is 36.5 Å². The third-order valence-electron chi connectivity index (χ3n) is 4.00. The number of benzene rings is 1. The number of carbonyl (C=O) groups is 1. The Bertz CT molecular complexity index is 457. The third-order valence-corrected chi connectivity index (χ3v) is 4.00. The number of hydrogen-bond donors (Lipinski definition) is 2. The summed E-state index contributed by atoms with van der Waals surface area (Å²) in [5.74, 6) is 0.734. The van der Waals surface area contributed by atoms with Gasteiger partial charge in [-0.3, -0.25) is 4.79 Å². The van der Waals surface area contributed by atoms with E-state index in [4.69, 9.17) is 5.73 Å². The maximum Gasteiger partial charge on any atom is 0.251 e. The number of halogens is 2. The fourth-order valence-electron chi connectivity index (χ4n) is 2.84. The fraction of sp³-hybridized carbons (Fsp3) is 0.588. The second kappa shape index (κ2) is 10.9. The van der Waals surface area contributed by atoms with Crippen molar-refractivity contribution in [3.05, 3.63) is 35.4 Å². The van der Waals surface area contributed by atoms with E-state index in [1.807, 2.05) is 24.3 Å². The van der Waals surface area contributed by atoms with Crippen molar-refractivity contribution in [2.75, 3.05) is 19.6 Å². The molecule has 0 spiro atoms. The second-order valence-electron chi connectivity index (χ2n) is 6.34. The second-order valence-corrected chi connectivity index (χ2v) is 6.34. The van der Waals surface area contributed by atoms with Gasteiger partial charge in [0.05, 0.1) is 0 Å². The molecule has 1 aliphatic heterocycles. The molecule has 1 aromatic carbocycles. The number of carbonyl (C=O) groups excluding carboxylic acids is 1. The van der Waals surface area contributed by atoms with E-state index in [2.05, 4.69) is 24.1 Å². The Morgan fingerprint density at radius 2 is 1.78 bits per heavy atom. The molecule has 3 N–H and O–H groups in total. The molecule has 1 heterocycles. The standard InChI is InChI=1S/C17H27N3O.2ClH/c1-13(2)12-20-9-7-16(8-10-20)19-17(21)15-5-3-14(11-18)4-6-15;;/h3-6,13,16H,7-12,18H2,1-2H3,(H,19,21);2*1H. The minimum atomic E-state index is 0. The minimum Gasteiger partial charge on any atom is -0.349 e. The van der Waals surface area contributed by atoms with E-state index in [1.165, 1.54) is 0 Å². The number of nitrogens with zero attached hydrogens (tertiary/aromatic N) is 1. The summed E-state index contributed by atoms with van der Waals surface area (Å²) >= 11 is 0. The molecule has 0 atom stereocenters. The first-order chi connectivity index (χ1) is 10.1. The van der Waals surface area contributed by atoms with Crippen LogP contribution in [0.15, 0.2) is 24.3 Å². The molecule has 0 bridgehead atoms. The van der Waals surface area contributed by atoms with E-state index in [0.29, 0.717) is 18.5 Å². The molecule has 0 saturated carbocycles. The first-order valence-corrected chi connectivity index (χ1v) is 7.90. The summed E-state index contributed by atoms with van der Waals surface area (Å²) in [6, 6.07) is 7.84. The molecule has 6 heteroatoms. The van der Waals surface area contributed by atoms with Crippen LogP contribution >= 0.6 is 24.8 Å².